The molecule has 27 heavy (non-hydrogen) atoms. The van der Waals surface area contributed by atoms with E-state index in [1.165, 1.54) is 0 Å². The summed E-state index contributed by atoms with van der Waals surface area (Å²) in [6.45, 7) is 1.22. The molecule has 0 bridgehead atoms. The Morgan fingerprint density at radius 2 is 1.89 bits per heavy atom. The number of aliphatic imine (C=N–C) groups is 1. The monoisotopic (exact) mass is 403 g/mol. The second kappa shape index (κ2) is 6.21. The zero-order valence-electron chi connectivity index (χ0n) is 14.1. The number of nitrogens with one attached hydrogen (secondary N) is 1. The van der Waals surface area contributed by atoms with E-state index in [0.717, 1.165) is 23.0 Å². The van der Waals surface area contributed by atoms with Crippen LogP contribution in [-0.2, 0) is 0 Å². The molecule has 9 heteroatoms. The van der Waals surface area contributed by atoms with Crippen molar-refractivity contribution in [2.24, 2.45) is 10.7 Å². The predicted octanol–water partition coefficient (Wildman–Crippen LogP) is 3.79. The third kappa shape index (κ3) is 2.74. The Labute approximate surface area is 164 Å². The summed E-state index contributed by atoms with van der Waals surface area (Å²) < 4.78 is 13.5. The highest BCUT2D eigenvalue weighted by molar-refractivity contribution is 6.35. The molecule has 2 aliphatic heterocycles. The second-order valence-electron chi connectivity index (χ2n) is 6.32. The van der Waals surface area contributed by atoms with Gasteiger partial charge >= 0.3 is 0 Å². The molecule has 0 aliphatic carbocycles. The van der Waals surface area contributed by atoms with Gasteiger partial charge in [0.15, 0.2) is 23.6 Å². The van der Waals surface area contributed by atoms with Crippen LogP contribution in [0, 0.1) is 0 Å². The summed E-state index contributed by atoms with van der Waals surface area (Å²) >= 11 is 12.5. The number of halogens is 2. The minimum absolute atomic E-state index is 0.267. The van der Waals surface area contributed by atoms with Gasteiger partial charge in [-0.05, 0) is 12.1 Å². The van der Waals surface area contributed by atoms with Crippen LogP contribution in [0.1, 0.15) is 18.2 Å². The molecule has 0 spiro atoms. The molecule has 1 aromatic heterocycles. The lowest BCUT2D eigenvalue weighted by molar-refractivity contribution is 0.297. The molecular formula is C18H15Cl2N5O2. The van der Waals surface area contributed by atoms with Crippen molar-refractivity contribution < 1.29 is 9.47 Å². The summed E-state index contributed by atoms with van der Waals surface area (Å²) in [7, 11) is 0. The Morgan fingerprint density at radius 3 is 2.67 bits per heavy atom. The maximum Gasteiger partial charge on any atom is 0.212 e. The van der Waals surface area contributed by atoms with E-state index in [4.69, 9.17) is 38.4 Å². The Balaban J connectivity index is 1.72. The third-order valence-corrected chi connectivity index (χ3v) is 5.11. The molecular weight excluding hydrogens is 389 g/mol. The van der Waals surface area contributed by atoms with E-state index in [1.807, 2.05) is 22.8 Å². The summed E-state index contributed by atoms with van der Waals surface area (Å²) in [5.41, 5.74) is 8.36. The van der Waals surface area contributed by atoms with Crippen molar-refractivity contribution in [3.05, 3.63) is 45.9 Å². The van der Waals surface area contributed by atoms with Gasteiger partial charge < -0.3 is 15.2 Å². The first-order valence-corrected chi connectivity index (χ1v) is 9.22. The van der Waals surface area contributed by atoms with Crippen molar-refractivity contribution >= 4 is 46.1 Å². The van der Waals surface area contributed by atoms with Crippen LogP contribution >= 0.6 is 23.2 Å². The number of aromatic nitrogens is 2. The average Bonchev–Trinajstić information content (AvgIpc) is 2.81. The quantitative estimate of drug-likeness (QED) is 0.645. The van der Waals surface area contributed by atoms with Crippen LogP contribution in [0.25, 0.3) is 11.0 Å². The maximum atomic E-state index is 6.44. The van der Waals surface area contributed by atoms with Crippen molar-refractivity contribution in [2.75, 3.05) is 18.5 Å². The minimum atomic E-state index is -0.472. The molecule has 0 radical (unpaired) electrons. The Morgan fingerprint density at radius 1 is 1.11 bits per heavy atom. The fourth-order valence-electron chi connectivity index (χ4n) is 3.34. The molecule has 3 aromatic rings. The molecule has 3 N–H and O–H groups in total. The molecule has 2 aromatic carbocycles. The number of guanidine groups is 1. The van der Waals surface area contributed by atoms with Gasteiger partial charge in [0.1, 0.15) is 0 Å². The van der Waals surface area contributed by atoms with E-state index in [9.17, 15) is 0 Å². The number of nitrogens with two attached hydrogens (primary N) is 1. The van der Waals surface area contributed by atoms with Crippen LogP contribution in [0.2, 0.25) is 10.0 Å². The Bertz CT molecular complexity index is 1100. The summed E-state index contributed by atoms with van der Waals surface area (Å²) in [5.74, 6) is 2.22. The normalized spacial score (nSPS) is 18.4. The SMILES string of the molecule is NC1=N[C@H](c2ccc(Cl)cc2Cl)n2c(nc3cc4c(cc32)OCCCO4)N1. The summed E-state index contributed by atoms with van der Waals surface area (Å²) in [4.78, 5) is 9.20. The van der Waals surface area contributed by atoms with Gasteiger partial charge in [-0.25, -0.2) is 9.98 Å². The fourth-order valence-corrected chi connectivity index (χ4v) is 3.85. The van der Waals surface area contributed by atoms with Gasteiger partial charge in [-0.1, -0.05) is 29.3 Å². The van der Waals surface area contributed by atoms with Gasteiger partial charge in [-0.2, -0.15) is 0 Å². The average molecular weight is 404 g/mol. The lowest BCUT2D eigenvalue weighted by Gasteiger charge is -2.24. The molecule has 7 nitrogen and oxygen atoms in total. The molecule has 3 heterocycles. The number of hydrogen-bond donors (Lipinski definition) is 2. The number of ether oxygens (including phenoxy) is 2. The topological polar surface area (TPSA) is 86.7 Å². The molecule has 1 atom stereocenters. The van der Waals surface area contributed by atoms with E-state index in [2.05, 4.69) is 15.3 Å². The summed E-state index contributed by atoms with van der Waals surface area (Å²) in [6, 6.07) is 9.10. The number of rotatable bonds is 1. The number of benzene rings is 2. The zero-order valence-corrected chi connectivity index (χ0v) is 15.6. The van der Waals surface area contributed by atoms with Crippen molar-refractivity contribution in [3.8, 4) is 11.5 Å². The van der Waals surface area contributed by atoms with Gasteiger partial charge in [0, 0.05) is 34.2 Å². The van der Waals surface area contributed by atoms with E-state index < -0.39 is 6.17 Å². The molecule has 138 valence electrons. The van der Waals surface area contributed by atoms with Crippen LogP contribution in [-0.4, -0.2) is 28.7 Å². The Kier molecular flexibility index (Phi) is 3.80. The summed E-state index contributed by atoms with van der Waals surface area (Å²) in [6.07, 6.45) is 0.365. The first kappa shape index (κ1) is 16.5. The third-order valence-electron chi connectivity index (χ3n) is 4.55. The molecule has 0 unspecified atom stereocenters. The molecule has 0 fully saturated rings. The molecule has 0 saturated carbocycles. The van der Waals surface area contributed by atoms with Crippen LogP contribution in [0.5, 0.6) is 11.5 Å². The smallest absolute Gasteiger partial charge is 0.212 e. The van der Waals surface area contributed by atoms with Gasteiger partial charge in [-0.3, -0.25) is 9.88 Å². The minimum Gasteiger partial charge on any atom is -0.489 e. The lowest BCUT2D eigenvalue weighted by Crippen LogP contribution is -2.31. The largest absolute Gasteiger partial charge is 0.489 e. The molecule has 0 amide bonds. The highest BCUT2D eigenvalue weighted by Gasteiger charge is 2.28. The van der Waals surface area contributed by atoms with Crippen molar-refractivity contribution in [3.63, 3.8) is 0 Å². The van der Waals surface area contributed by atoms with E-state index in [1.54, 1.807) is 12.1 Å². The standard InChI is InChI=1S/C18H15Cl2N5O2/c19-9-2-3-10(11(20)6-9)16-23-17(21)24-18-22-12-7-14-15(8-13(12)25(16)18)27-5-1-4-26-14/h2-3,6-8,16H,1,4-5H2,(H3,21,22,23,24)/t16-/m0/s1. The predicted molar refractivity (Wildman–Crippen MR) is 105 cm³/mol. The van der Waals surface area contributed by atoms with E-state index >= 15 is 0 Å². The fraction of sp³-hybridized carbons (Fsp3) is 0.222. The molecule has 0 saturated heterocycles. The van der Waals surface area contributed by atoms with Gasteiger partial charge in [0.25, 0.3) is 0 Å². The number of hydrogen-bond acceptors (Lipinski definition) is 6. The van der Waals surface area contributed by atoms with Crippen LogP contribution in [0.4, 0.5) is 5.95 Å². The lowest BCUT2D eigenvalue weighted by atomic mass is 10.1. The van der Waals surface area contributed by atoms with Crippen LogP contribution in [0.15, 0.2) is 35.3 Å². The summed E-state index contributed by atoms with van der Waals surface area (Å²) in [5, 5.41) is 4.08. The van der Waals surface area contributed by atoms with Crippen molar-refractivity contribution in [1.82, 2.24) is 9.55 Å². The second-order valence-corrected chi connectivity index (χ2v) is 7.17. The molecule has 5 rings (SSSR count). The number of fused-ring (bicyclic) bond motifs is 4. The number of imidazole rings is 1. The van der Waals surface area contributed by atoms with Crippen LogP contribution in [0.3, 0.4) is 0 Å². The highest BCUT2D eigenvalue weighted by Crippen LogP contribution is 2.40. The van der Waals surface area contributed by atoms with Crippen molar-refractivity contribution in [2.45, 2.75) is 12.6 Å². The van der Waals surface area contributed by atoms with Gasteiger partial charge in [0.05, 0.1) is 24.2 Å². The first-order valence-electron chi connectivity index (χ1n) is 8.47. The Hall–Kier alpha value is -2.64. The van der Waals surface area contributed by atoms with Gasteiger partial charge in [-0.15, -0.1) is 0 Å². The maximum absolute atomic E-state index is 6.44. The number of nitrogens with zero attached hydrogens (tertiary/aromatic N) is 3. The number of anilines is 1. The molecule has 2 aliphatic rings. The first-order chi connectivity index (χ1) is 13.1. The van der Waals surface area contributed by atoms with Crippen molar-refractivity contribution in [1.29, 1.82) is 0 Å². The van der Waals surface area contributed by atoms with E-state index in [0.29, 0.717) is 40.7 Å². The van der Waals surface area contributed by atoms with E-state index in [-0.39, 0.29) is 5.96 Å². The van der Waals surface area contributed by atoms with Crippen LogP contribution < -0.4 is 20.5 Å². The van der Waals surface area contributed by atoms with Gasteiger partial charge in [0.2, 0.25) is 5.95 Å². The zero-order chi connectivity index (χ0) is 18.5. The highest BCUT2D eigenvalue weighted by atomic mass is 35.5.